The molecule has 0 aliphatic carbocycles. The van der Waals surface area contributed by atoms with Gasteiger partial charge in [-0.25, -0.2) is 4.98 Å². The monoisotopic (exact) mass is 253 g/mol. The van der Waals surface area contributed by atoms with Crippen molar-refractivity contribution in [3.8, 4) is 0 Å². The summed E-state index contributed by atoms with van der Waals surface area (Å²) in [5, 5.41) is -0.311. The van der Waals surface area contributed by atoms with Gasteiger partial charge in [0.2, 0.25) is 0 Å². The molecule has 0 spiro atoms. The molecule has 0 fully saturated rings. The largest absolute Gasteiger partial charge is 1.00 e. The van der Waals surface area contributed by atoms with Crippen LogP contribution in [0.15, 0.2) is 12.3 Å². The van der Waals surface area contributed by atoms with Gasteiger partial charge in [-0.15, -0.1) is 0 Å². The number of nitrogens with zero attached hydrogens (tertiary/aromatic N) is 1. The normalized spacial score (nSPS) is 10.8. The van der Waals surface area contributed by atoms with E-state index in [-0.39, 0.29) is 61.6 Å². The van der Waals surface area contributed by atoms with Crippen molar-refractivity contribution in [2.45, 2.75) is 0 Å². The van der Waals surface area contributed by atoms with Crippen LogP contribution in [0.3, 0.4) is 0 Å². The summed E-state index contributed by atoms with van der Waals surface area (Å²) >= 11 is 10.7. The van der Waals surface area contributed by atoms with E-state index in [4.69, 9.17) is 23.2 Å². The minimum absolute atomic E-state index is 0. The Labute approximate surface area is 125 Å². The summed E-state index contributed by atoms with van der Waals surface area (Å²) in [4.78, 5) is 3.27. The second kappa shape index (κ2) is 5.34. The van der Waals surface area contributed by atoms with E-state index >= 15 is 0 Å². The Morgan fingerprint density at radius 2 is 1.77 bits per heavy atom. The van der Waals surface area contributed by atoms with Crippen LogP contribution in [0.2, 0.25) is 10.2 Å². The van der Waals surface area contributed by atoms with Gasteiger partial charge in [0.1, 0.15) is 5.15 Å². The first kappa shape index (κ1) is 14.2. The van der Waals surface area contributed by atoms with Crippen molar-refractivity contribution < 1.29 is 64.3 Å². The maximum atomic E-state index is 12.0. The summed E-state index contributed by atoms with van der Waals surface area (Å²) in [5.74, 6) is 0. The average molecular weight is 254 g/mol. The van der Waals surface area contributed by atoms with Crippen molar-refractivity contribution in [3.05, 3.63) is 22.4 Å². The van der Waals surface area contributed by atoms with Gasteiger partial charge in [0, 0.05) is 6.20 Å². The third kappa shape index (κ3) is 4.07. The van der Waals surface area contributed by atoms with E-state index in [1.807, 2.05) is 0 Å². The van der Waals surface area contributed by atoms with Gasteiger partial charge in [-0.2, -0.15) is 0 Å². The fourth-order valence-electron chi connectivity index (χ4n) is 0.615. The number of pyridine rings is 1. The molecule has 1 aromatic heterocycles. The van der Waals surface area contributed by atoms with Crippen LogP contribution in [0.5, 0.6) is 0 Å². The van der Waals surface area contributed by atoms with E-state index in [0.29, 0.717) is 6.20 Å². The molecule has 0 radical (unpaired) electrons. The predicted molar refractivity (Wildman–Crippen MR) is 43.0 cm³/mol. The molecule has 1 nitrogen and oxygen atoms in total. The molecule has 0 atom stereocenters. The molecular formula is C5H2BCl2F3KN. The van der Waals surface area contributed by atoms with Crippen LogP contribution in [0.4, 0.5) is 12.9 Å². The van der Waals surface area contributed by atoms with Crippen molar-refractivity contribution in [1.29, 1.82) is 0 Å². The molecule has 0 aliphatic heterocycles. The fourth-order valence-corrected chi connectivity index (χ4v) is 0.893. The molecule has 1 rings (SSSR count). The van der Waals surface area contributed by atoms with E-state index in [2.05, 4.69) is 4.98 Å². The molecule has 1 heterocycles. The summed E-state index contributed by atoms with van der Waals surface area (Å²) in [7, 11) is 0. The molecular weight excluding hydrogens is 252 g/mol. The van der Waals surface area contributed by atoms with Crippen LogP contribution in [0.1, 0.15) is 0 Å². The molecule has 66 valence electrons. The second-order valence-corrected chi connectivity index (χ2v) is 2.88. The molecule has 13 heavy (non-hydrogen) atoms. The molecule has 0 aromatic carbocycles. The molecule has 0 unspecified atom stereocenters. The van der Waals surface area contributed by atoms with Gasteiger partial charge in [0.25, 0.3) is 0 Å². The van der Waals surface area contributed by atoms with E-state index in [0.717, 1.165) is 6.07 Å². The summed E-state index contributed by atoms with van der Waals surface area (Å²) in [6, 6.07) is 0.761. The smallest absolute Gasteiger partial charge is 0.445 e. The number of hydrogen-bond acceptors (Lipinski definition) is 1. The number of halogens is 5. The molecule has 0 saturated heterocycles. The van der Waals surface area contributed by atoms with Gasteiger partial charge in [0.15, 0.2) is 0 Å². The van der Waals surface area contributed by atoms with E-state index < -0.39 is 12.4 Å². The number of hydrogen-bond donors (Lipinski definition) is 0. The van der Waals surface area contributed by atoms with Crippen LogP contribution in [-0.2, 0) is 0 Å². The Kier molecular flexibility index (Phi) is 5.85. The van der Waals surface area contributed by atoms with Gasteiger partial charge < -0.3 is 12.9 Å². The first-order valence-corrected chi connectivity index (χ1v) is 3.68. The summed E-state index contributed by atoms with van der Waals surface area (Å²) in [5.41, 5.74) is -0.843. The van der Waals surface area contributed by atoms with E-state index in [1.54, 1.807) is 0 Å². The minimum atomic E-state index is -5.04. The van der Waals surface area contributed by atoms with Gasteiger partial charge in [-0.05, 0) is 0 Å². The number of aromatic nitrogens is 1. The minimum Gasteiger partial charge on any atom is -0.445 e. The molecule has 0 amide bonds. The van der Waals surface area contributed by atoms with Gasteiger partial charge in [-0.1, -0.05) is 34.7 Å². The standard InChI is InChI=1S/C5H2BCl2F3N.K/c7-4-1-3(6(9,10)11)2-12-5(4)8;/h1-2H;/q-1;+1. The van der Waals surface area contributed by atoms with Crippen molar-refractivity contribution in [1.82, 2.24) is 4.98 Å². The first-order chi connectivity index (χ1) is 5.41. The first-order valence-electron chi connectivity index (χ1n) is 2.92. The quantitative estimate of drug-likeness (QED) is 0.484. The van der Waals surface area contributed by atoms with Gasteiger partial charge >= 0.3 is 58.4 Å². The van der Waals surface area contributed by atoms with Gasteiger partial charge in [0.05, 0.1) is 5.02 Å². The van der Waals surface area contributed by atoms with Crippen LogP contribution in [0.25, 0.3) is 0 Å². The topological polar surface area (TPSA) is 12.9 Å². The summed E-state index contributed by atoms with van der Waals surface area (Å²) in [6.07, 6.45) is 0.661. The van der Waals surface area contributed by atoms with Crippen LogP contribution >= 0.6 is 23.2 Å². The van der Waals surface area contributed by atoms with Crippen molar-refractivity contribution in [3.63, 3.8) is 0 Å². The molecule has 1 aromatic rings. The zero-order chi connectivity index (χ0) is 9.35. The van der Waals surface area contributed by atoms with Crippen molar-refractivity contribution >= 4 is 35.6 Å². The van der Waals surface area contributed by atoms with Crippen LogP contribution in [-0.4, -0.2) is 12.0 Å². The van der Waals surface area contributed by atoms with E-state index in [1.165, 1.54) is 0 Å². The maximum absolute atomic E-state index is 12.0. The Balaban J connectivity index is 0.00000144. The molecule has 0 N–H and O–H groups in total. The van der Waals surface area contributed by atoms with Crippen LogP contribution in [0, 0.1) is 0 Å². The third-order valence-corrected chi connectivity index (χ3v) is 1.88. The SMILES string of the molecule is F[B-](F)(F)c1cnc(Cl)c(Cl)c1.[K+]. The van der Waals surface area contributed by atoms with Crippen molar-refractivity contribution in [2.24, 2.45) is 0 Å². The second-order valence-electron chi connectivity index (χ2n) is 2.12. The maximum Gasteiger partial charge on any atom is 1.00 e. The molecule has 0 saturated carbocycles. The molecule has 0 aliphatic rings. The van der Waals surface area contributed by atoms with Crippen molar-refractivity contribution in [2.75, 3.05) is 0 Å². The van der Waals surface area contributed by atoms with E-state index in [9.17, 15) is 12.9 Å². The number of rotatable bonds is 1. The average Bonchev–Trinajstić information content (AvgIpc) is 1.92. The van der Waals surface area contributed by atoms with Gasteiger partial charge in [-0.3, -0.25) is 0 Å². The Morgan fingerprint density at radius 3 is 2.15 bits per heavy atom. The Bertz CT molecular complexity index is 306. The fraction of sp³-hybridized carbons (Fsp3) is 0. The third-order valence-electron chi connectivity index (χ3n) is 1.20. The van der Waals surface area contributed by atoms with Crippen LogP contribution < -0.4 is 56.8 Å². The molecule has 8 heteroatoms. The predicted octanol–water partition coefficient (Wildman–Crippen LogP) is -0.553. The zero-order valence-corrected chi connectivity index (χ0v) is 11.2. The summed E-state index contributed by atoms with van der Waals surface area (Å²) < 4.78 is 36.1. The summed E-state index contributed by atoms with van der Waals surface area (Å²) in [6.45, 7) is -5.04. The Morgan fingerprint density at radius 1 is 1.23 bits per heavy atom. The molecule has 0 bridgehead atoms. The Hall–Kier alpha value is 1.22. The zero-order valence-electron chi connectivity index (χ0n) is 6.57.